The number of nitrogens with zero attached hydrogens (tertiary/aromatic N) is 2. The van der Waals surface area contributed by atoms with Crippen LogP contribution >= 0.6 is 0 Å². The standard InChI is InChI=1S/C21H16N2O3/c1-13-4-3-5-17(8-13)23-12-16(10-15(11-22)21(23)26)20(25)18-9-14(2)6-7-19(18)24/h3-10,12,24H,1-2H3. The lowest BCUT2D eigenvalue weighted by atomic mass is 10.0. The van der Waals surface area contributed by atoms with Crippen LogP contribution in [0.2, 0.25) is 0 Å². The number of aryl methyl sites for hydroxylation is 2. The van der Waals surface area contributed by atoms with Crippen molar-refractivity contribution >= 4 is 5.78 Å². The number of rotatable bonds is 3. The van der Waals surface area contributed by atoms with Gasteiger partial charge in [0.2, 0.25) is 0 Å². The second kappa shape index (κ2) is 6.69. The number of carbonyl (C=O) groups excluding carboxylic acids is 1. The number of aromatic nitrogens is 1. The molecule has 0 atom stereocenters. The topological polar surface area (TPSA) is 83.1 Å². The van der Waals surface area contributed by atoms with E-state index in [0.29, 0.717) is 5.69 Å². The van der Waals surface area contributed by atoms with Crippen molar-refractivity contribution in [3.05, 3.63) is 92.9 Å². The number of phenols is 1. The van der Waals surface area contributed by atoms with E-state index in [2.05, 4.69) is 0 Å². The number of phenolic OH excluding ortho intramolecular Hbond substituents is 1. The maximum atomic E-state index is 12.9. The van der Waals surface area contributed by atoms with Crippen LogP contribution in [0.15, 0.2) is 59.5 Å². The molecule has 128 valence electrons. The van der Waals surface area contributed by atoms with Crippen LogP contribution in [0, 0.1) is 25.2 Å². The summed E-state index contributed by atoms with van der Waals surface area (Å²) in [5.41, 5.74) is 1.98. The van der Waals surface area contributed by atoms with Crippen LogP contribution in [0.5, 0.6) is 5.75 Å². The van der Waals surface area contributed by atoms with Crippen LogP contribution in [0.25, 0.3) is 5.69 Å². The Morgan fingerprint density at radius 1 is 1.08 bits per heavy atom. The molecule has 0 fully saturated rings. The van der Waals surface area contributed by atoms with E-state index in [1.807, 2.05) is 26.0 Å². The van der Waals surface area contributed by atoms with E-state index in [-0.39, 0.29) is 22.4 Å². The van der Waals surface area contributed by atoms with E-state index in [9.17, 15) is 20.0 Å². The van der Waals surface area contributed by atoms with Gasteiger partial charge in [0.15, 0.2) is 5.78 Å². The van der Waals surface area contributed by atoms with Crippen molar-refractivity contribution in [2.45, 2.75) is 13.8 Å². The van der Waals surface area contributed by atoms with Crippen molar-refractivity contribution in [2.24, 2.45) is 0 Å². The summed E-state index contributed by atoms with van der Waals surface area (Å²) in [6, 6.07) is 15.0. The number of benzene rings is 2. The van der Waals surface area contributed by atoms with Crippen LogP contribution < -0.4 is 5.56 Å². The normalized spacial score (nSPS) is 10.3. The first-order valence-corrected chi connectivity index (χ1v) is 7.99. The highest BCUT2D eigenvalue weighted by atomic mass is 16.3. The number of ketones is 1. The fourth-order valence-electron chi connectivity index (χ4n) is 2.74. The van der Waals surface area contributed by atoms with Gasteiger partial charge in [-0.05, 0) is 49.7 Å². The van der Waals surface area contributed by atoms with Crippen molar-refractivity contribution in [3.8, 4) is 17.5 Å². The molecule has 0 bridgehead atoms. The second-order valence-electron chi connectivity index (χ2n) is 6.12. The molecule has 0 saturated heterocycles. The van der Waals surface area contributed by atoms with Gasteiger partial charge in [-0.15, -0.1) is 0 Å². The third kappa shape index (κ3) is 3.13. The van der Waals surface area contributed by atoms with E-state index >= 15 is 0 Å². The summed E-state index contributed by atoms with van der Waals surface area (Å²) >= 11 is 0. The zero-order valence-corrected chi connectivity index (χ0v) is 14.4. The molecule has 0 spiro atoms. The molecule has 0 amide bonds. The van der Waals surface area contributed by atoms with Crippen LogP contribution in [0.3, 0.4) is 0 Å². The van der Waals surface area contributed by atoms with Crippen molar-refractivity contribution in [3.63, 3.8) is 0 Å². The minimum atomic E-state index is -0.497. The average molecular weight is 344 g/mol. The smallest absolute Gasteiger partial charge is 0.273 e. The summed E-state index contributed by atoms with van der Waals surface area (Å²) in [7, 11) is 0. The SMILES string of the molecule is Cc1cccc(-n2cc(C(=O)c3cc(C)ccc3O)cc(C#N)c2=O)c1. The molecule has 5 nitrogen and oxygen atoms in total. The Bertz CT molecular complexity index is 1120. The van der Waals surface area contributed by atoms with E-state index in [1.54, 1.807) is 30.3 Å². The predicted octanol–water partition coefficient (Wildman–Crippen LogP) is 3.26. The molecule has 0 aliphatic heterocycles. The van der Waals surface area contributed by atoms with Crippen molar-refractivity contribution in [1.82, 2.24) is 4.57 Å². The van der Waals surface area contributed by atoms with Crippen LogP contribution in [-0.2, 0) is 0 Å². The van der Waals surface area contributed by atoms with Crippen molar-refractivity contribution in [2.75, 3.05) is 0 Å². The van der Waals surface area contributed by atoms with Gasteiger partial charge in [0.05, 0.1) is 5.56 Å². The largest absolute Gasteiger partial charge is 0.507 e. The van der Waals surface area contributed by atoms with Gasteiger partial charge < -0.3 is 5.11 Å². The lowest BCUT2D eigenvalue weighted by molar-refractivity contribution is 0.103. The molecule has 0 radical (unpaired) electrons. The lowest BCUT2D eigenvalue weighted by Gasteiger charge is -2.11. The highest BCUT2D eigenvalue weighted by Crippen LogP contribution is 2.22. The molecular weight excluding hydrogens is 328 g/mol. The molecule has 0 aliphatic rings. The summed E-state index contributed by atoms with van der Waals surface area (Å²) in [4.78, 5) is 25.4. The van der Waals surface area contributed by atoms with Gasteiger partial charge in [-0.2, -0.15) is 5.26 Å². The monoisotopic (exact) mass is 344 g/mol. The fraction of sp³-hybridized carbons (Fsp3) is 0.0952. The Morgan fingerprint density at radius 2 is 1.81 bits per heavy atom. The van der Waals surface area contributed by atoms with Crippen LogP contribution in [-0.4, -0.2) is 15.5 Å². The average Bonchev–Trinajstić information content (AvgIpc) is 2.63. The molecule has 3 rings (SSSR count). The van der Waals surface area contributed by atoms with Gasteiger partial charge in [0.1, 0.15) is 17.4 Å². The summed E-state index contributed by atoms with van der Waals surface area (Å²) in [6.07, 6.45) is 1.40. The number of pyridine rings is 1. The zero-order chi connectivity index (χ0) is 18.8. The molecule has 1 N–H and O–H groups in total. The highest BCUT2D eigenvalue weighted by molar-refractivity contribution is 6.10. The molecule has 0 unspecified atom stereocenters. The molecule has 0 saturated carbocycles. The zero-order valence-electron chi connectivity index (χ0n) is 14.4. The van der Waals surface area contributed by atoms with Gasteiger partial charge in [0, 0.05) is 17.4 Å². The minimum absolute atomic E-state index is 0.128. The Kier molecular flexibility index (Phi) is 4.42. The van der Waals surface area contributed by atoms with Crippen LogP contribution in [0.4, 0.5) is 0 Å². The van der Waals surface area contributed by atoms with Crippen molar-refractivity contribution < 1.29 is 9.90 Å². The maximum absolute atomic E-state index is 12.9. The van der Waals surface area contributed by atoms with E-state index in [1.165, 1.54) is 22.9 Å². The summed E-state index contributed by atoms with van der Waals surface area (Å²) in [6.45, 7) is 3.70. The molecule has 26 heavy (non-hydrogen) atoms. The van der Waals surface area contributed by atoms with Gasteiger partial charge in [-0.1, -0.05) is 23.8 Å². The fourth-order valence-corrected chi connectivity index (χ4v) is 2.74. The first kappa shape index (κ1) is 17.2. The Balaban J connectivity index is 2.22. The molecule has 2 aromatic carbocycles. The molecule has 0 aliphatic carbocycles. The van der Waals surface area contributed by atoms with E-state index in [4.69, 9.17) is 0 Å². The molecule has 3 aromatic rings. The highest BCUT2D eigenvalue weighted by Gasteiger charge is 2.18. The molecule has 1 aromatic heterocycles. The lowest BCUT2D eigenvalue weighted by Crippen LogP contribution is -2.22. The van der Waals surface area contributed by atoms with Crippen LogP contribution in [0.1, 0.15) is 32.6 Å². The molecular formula is C21H16N2O3. The third-order valence-corrected chi connectivity index (χ3v) is 4.08. The number of aromatic hydroxyl groups is 1. The van der Waals surface area contributed by atoms with Gasteiger partial charge in [-0.25, -0.2) is 0 Å². The quantitative estimate of drug-likeness (QED) is 0.739. The predicted molar refractivity (Wildman–Crippen MR) is 97.8 cm³/mol. The number of carbonyl (C=O) groups is 1. The Hall–Kier alpha value is -3.65. The molecule has 5 heteroatoms. The van der Waals surface area contributed by atoms with Gasteiger partial charge in [-0.3, -0.25) is 14.2 Å². The third-order valence-electron chi connectivity index (χ3n) is 4.08. The van der Waals surface area contributed by atoms with E-state index < -0.39 is 11.3 Å². The van der Waals surface area contributed by atoms with E-state index in [0.717, 1.165) is 11.1 Å². The summed E-state index contributed by atoms with van der Waals surface area (Å²) in [5.74, 6) is -0.600. The minimum Gasteiger partial charge on any atom is -0.507 e. The number of hydrogen-bond donors (Lipinski definition) is 1. The first-order chi connectivity index (χ1) is 12.4. The number of nitriles is 1. The number of hydrogen-bond acceptors (Lipinski definition) is 4. The van der Waals surface area contributed by atoms with Crippen molar-refractivity contribution in [1.29, 1.82) is 5.26 Å². The summed E-state index contributed by atoms with van der Waals surface area (Å²) in [5, 5.41) is 19.3. The van der Waals surface area contributed by atoms with Gasteiger partial charge >= 0.3 is 0 Å². The second-order valence-corrected chi connectivity index (χ2v) is 6.12. The maximum Gasteiger partial charge on any atom is 0.273 e. The molecule has 1 heterocycles. The van der Waals surface area contributed by atoms with Gasteiger partial charge in [0.25, 0.3) is 5.56 Å². The summed E-state index contributed by atoms with van der Waals surface area (Å²) < 4.78 is 1.28. The Labute approximate surface area is 150 Å². The Morgan fingerprint density at radius 3 is 2.50 bits per heavy atom. The first-order valence-electron chi connectivity index (χ1n) is 7.99.